The van der Waals surface area contributed by atoms with Crippen molar-refractivity contribution >= 4 is 35.0 Å². The monoisotopic (exact) mass is 455 g/mol. The zero-order valence-corrected chi connectivity index (χ0v) is 19.1. The van der Waals surface area contributed by atoms with Crippen molar-refractivity contribution < 1.29 is 14.0 Å². The van der Waals surface area contributed by atoms with Crippen molar-refractivity contribution in [3.05, 3.63) is 65.2 Å². The smallest absolute Gasteiger partial charge is 0.234 e. The third-order valence-electron chi connectivity index (χ3n) is 4.91. The molecule has 1 aromatic heterocycles. The first-order valence-electron chi connectivity index (χ1n) is 10.4. The Hall–Kier alpha value is -3.20. The Morgan fingerprint density at radius 2 is 1.81 bits per heavy atom. The molecule has 1 heterocycles. The van der Waals surface area contributed by atoms with Gasteiger partial charge in [-0.2, -0.15) is 0 Å². The molecule has 2 amide bonds. The van der Waals surface area contributed by atoms with Gasteiger partial charge in [-0.15, -0.1) is 10.2 Å². The minimum absolute atomic E-state index is 0.0506. The van der Waals surface area contributed by atoms with Crippen molar-refractivity contribution in [2.24, 2.45) is 0 Å². The van der Waals surface area contributed by atoms with Crippen LogP contribution in [0.5, 0.6) is 0 Å². The van der Waals surface area contributed by atoms with E-state index in [2.05, 4.69) is 20.8 Å². The number of hydrogen-bond acceptors (Lipinski definition) is 5. The molecule has 0 saturated heterocycles. The summed E-state index contributed by atoms with van der Waals surface area (Å²) in [4.78, 5) is 24.9. The molecule has 0 aliphatic heterocycles. The molecule has 168 valence electrons. The molecular formula is C23H26FN5O2S. The van der Waals surface area contributed by atoms with E-state index in [1.165, 1.54) is 23.9 Å². The van der Waals surface area contributed by atoms with E-state index in [0.717, 1.165) is 23.2 Å². The number of thioether (sulfide) groups is 1. The number of aryl methyl sites for hydroxylation is 2. The minimum Gasteiger partial charge on any atom is -0.325 e. The van der Waals surface area contributed by atoms with Crippen LogP contribution in [0, 0.1) is 12.7 Å². The van der Waals surface area contributed by atoms with Crippen molar-refractivity contribution in [3.8, 4) is 0 Å². The van der Waals surface area contributed by atoms with Crippen LogP contribution in [0.1, 0.15) is 30.8 Å². The summed E-state index contributed by atoms with van der Waals surface area (Å²) in [5.74, 6) is -0.408. The van der Waals surface area contributed by atoms with Crippen LogP contribution in [-0.4, -0.2) is 32.3 Å². The van der Waals surface area contributed by atoms with Crippen LogP contribution in [0.25, 0.3) is 0 Å². The molecule has 0 spiro atoms. The fraction of sp³-hybridized carbons (Fsp3) is 0.304. The molecule has 7 nitrogen and oxygen atoms in total. The first-order chi connectivity index (χ1) is 15.4. The Bertz CT molecular complexity index is 1120. The van der Waals surface area contributed by atoms with Crippen LogP contribution in [0.15, 0.2) is 47.6 Å². The van der Waals surface area contributed by atoms with Crippen molar-refractivity contribution in [2.75, 3.05) is 16.4 Å². The molecule has 0 saturated carbocycles. The highest BCUT2D eigenvalue weighted by molar-refractivity contribution is 7.99. The molecule has 0 atom stereocenters. The van der Waals surface area contributed by atoms with Gasteiger partial charge >= 0.3 is 0 Å². The fourth-order valence-corrected chi connectivity index (χ4v) is 4.10. The number of anilines is 2. The zero-order chi connectivity index (χ0) is 23.1. The minimum atomic E-state index is -0.500. The largest absolute Gasteiger partial charge is 0.325 e. The summed E-state index contributed by atoms with van der Waals surface area (Å²) >= 11 is 1.26. The van der Waals surface area contributed by atoms with Crippen molar-refractivity contribution in [1.29, 1.82) is 0 Å². The summed E-state index contributed by atoms with van der Waals surface area (Å²) < 4.78 is 15.5. The van der Waals surface area contributed by atoms with Crippen LogP contribution in [-0.2, 0) is 29.0 Å². The van der Waals surface area contributed by atoms with Gasteiger partial charge in [0.25, 0.3) is 0 Å². The number of rotatable bonds is 9. The molecule has 3 aromatic rings. The summed E-state index contributed by atoms with van der Waals surface area (Å²) in [6, 6.07) is 11.9. The lowest BCUT2D eigenvalue weighted by molar-refractivity contribution is -0.116. The third-order valence-corrected chi connectivity index (χ3v) is 5.88. The van der Waals surface area contributed by atoms with Crippen molar-refractivity contribution in [3.63, 3.8) is 0 Å². The Kier molecular flexibility index (Phi) is 7.99. The normalized spacial score (nSPS) is 10.8. The maximum Gasteiger partial charge on any atom is 0.234 e. The Labute approximate surface area is 190 Å². The van der Waals surface area contributed by atoms with Crippen LogP contribution in [0.4, 0.5) is 15.8 Å². The van der Waals surface area contributed by atoms with Gasteiger partial charge in [-0.1, -0.05) is 49.0 Å². The predicted octanol–water partition coefficient (Wildman–Crippen LogP) is 4.22. The number of carbonyl (C=O) groups excluding carboxylic acids is 2. The molecule has 2 N–H and O–H groups in total. The number of carbonyl (C=O) groups is 2. The lowest BCUT2D eigenvalue weighted by Gasteiger charge is -2.13. The quantitative estimate of drug-likeness (QED) is 0.472. The maximum atomic E-state index is 13.8. The number of para-hydroxylation sites is 2. The van der Waals surface area contributed by atoms with Gasteiger partial charge in [-0.3, -0.25) is 9.59 Å². The predicted molar refractivity (Wildman–Crippen MR) is 124 cm³/mol. The second kappa shape index (κ2) is 10.9. The number of halogens is 1. The van der Waals surface area contributed by atoms with Crippen LogP contribution >= 0.6 is 11.8 Å². The average Bonchev–Trinajstić information content (AvgIpc) is 3.16. The highest BCUT2D eigenvalue weighted by Gasteiger charge is 2.17. The summed E-state index contributed by atoms with van der Waals surface area (Å²) in [6.07, 6.45) is 0.776. The van der Waals surface area contributed by atoms with Gasteiger partial charge in [0.05, 0.1) is 17.9 Å². The van der Waals surface area contributed by atoms with Gasteiger partial charge < -0.3 is 15.2 Å². The van der Waals surface area contributed by atoms with E-state index in [1.54, 1.807) is 16.7 Å². The van der Waals surface area contributed by atoms with E-state index < -0.39 is 11.7 Å². The highest BCUT2D eigenvalue weighted by Crippen LogP contribution is 2.23. The molecule has 0 aliphatic rings. The Balaban J connectivity index is 1.62. The number of amides is 2. The lowest BCUT2D eigenvalue weighted by Crippen LogP contribution is -2.19. The third kappa shape index (κ3) is 5.73. The molecule has 2 aromatic carbocycles. The molecule has 0 fully saturated rings. The average molecular weight is 456 g/mol. The highest BCUT2D eigenvalue weighted by atomic mass is 32.2. The van der Waals surface area contributed by atoms with Gasteiger partial charge in [-0.25, -0.2) is 4.39 Å². The second-order valence-corrected chi connectivity index (χ2v) is 8.09. The van der Waals surface area contributed by atoms with Gasteiger partial charge in [0.1, 0.15) is 11.6 Å². The molecule has 32 heavy (non-hydrogen) atoms. The van der Waals surface area contributed by atoms with E-state index in [0.29, 0.717) is 17.5 Å². The fourth-order valence-electron chi connectivity index (χ4n) is 3.28. The van der Waals surface area contributed by atoms with Crippen LogP contribution in [0.2, 0.25) is 0 Å². The second-order valence-electron chi connectivity index (χ2n) is 7.15. The zero-order valence-electron chi connectivity index (χ0n) is 18.3. The van der Waals surface area contributed by atoms with E-state index in [4.69, 9.17) is 0 Å². The van der Waals surface area contributed by atoms with Crippen molar-refractivity contribution in [1.82, 2.24) is 14.8 Å². The standard InChI is InChI=1S/C23H26FN5O2S/c1-4-16-10-8-9-15(3)22(16)26-21(31)14-32-23-28-27-19(29(23)5-2)13-20(30)25-18-12-7-6-11-17(18)24/h6-12H,4-5,13-14H2,1-3H3,(H,25,30)(H,26,31). The SMILES string of the molecule is CCc1cccc(C)c1NC(=O)CSc1nnc(CC(=O)Nc2ccccc2F)n1CC. The van der Waals surface area contributed by atoms with Gasteiger partial charge in [-0.05, 0) is 43.5 Å². The van der Waals surface area contributed by atoms with Gasteiger partial charge in [0, 0.05) is 12.2 Å². The molecule has 0 bridgehead atoms. The molecule has 0 unspecified atom stereocenters. The number of hydrogen-bond donors (Lipinski definition) is 2. The maximum absolute atomic E-state index is 13.8. The summed E-state index contributed by atoms with van der Waals surface area (Å²) in [6.45, 7) is 6.46. The molecule has 0 aliphatic carbocycles. The number of nitrogens with one attached hydrogen (secondary N) is 2. The molecular weight excluding hydrogens is 429 g/mol. The van der Waals surface area contributed by atoms with Crippen molar-refractivity contribution in [2.45, 2.75) is 45.3 Å². The summed E-state index contributed by atoms with van der Waals surface area (Å²) in [5, 5.41) is 14.3. The van der Waals surface area contributed by atoms with Gasteiger partial charge in [0.15, 0.2) is 5.16 Å². The van der Waals surface area contributed by atoms with Crippen LogP contribution in [0.3, 0.4) is 0 Å². The number of nitrogens with zero attached hydrogens (tertiary/aromatic N) is 3. The Morgan fingerprint density at radius 1 is 1.03 bits per heavy atom. The Morgan fingerprint density at radius 3 is 2.53 bits per heavy atom. The van der Waals surface area contributed by atoms with E-state index in [9.17, 15) is 14.0 Å². The van der Waals surface area contributed by atoms with E-state index >= 15 is 0 Å². The van der Waals surface area contributed by atoms with Crippen LogP contribution < -0.4 is 10.6 Å². The topological polar surface area (TPSA) is 88.9 Å². The molecule has 3 rings (SSSR count). The van der Waals surface area contributed by atoms with E-state index in [1.807, 2.05) is 39.0 Å². The summed E-state index contributed by atoms with van der Waals surface area (Å²) in [7, 11) is 0. The molecule has 9 heteroatoms. The molecule has 0 radical (unpaired) electrons. The number of benzene rings is 2. The number of aromatic nitrogens is 3. The van der Waals surface area contributed by atoms with E-state index in [-0.39, 0.29) is 23.8 Å². The first-order valence-corrected chi connectivity index (χ1v) is 11.4. The van der Waals surface area contributed by atoms with Gasteiger partial charge in [0.2, 0.25) is 11.8 Å². The first kappa shape index (κ1) is 23.5. The lowest BCUT2D eigenvalue weighted by atomic mass is 10.1. The summed E-state index contributed by atoms with van der Waals surface area (Å²) in [5.41, 5.74) is 3.07.